The van der Waals surface area contributed by atoms with Crippen LogP contribution in [0.15, 0.2) is 145 Å². The van der Waals surface area contributed by atoms with Crippen LogP contribution in [0.2, 0.25) is 0 Å². The van der Waals surface area contributed by atoms with Gasteiger partial charge in [-0.25, -0.2) is 14.6 Å². The molecule has 6 aromatic rings. The van der Waals surface area contributed by atoms with Crippen molar-refractivity contribution in [2.24, 2.45) is 5.92 Å². The quantitative estimate of drug-likeness (QED) is 0.0811. The number of ether oxygens (including phenoxy) is 2. The summed E-state index contributed by atoms with van der Waals surface area (Å²) in [5.41, 5.74) is 8.30. The number of hydrogen-bond donors (Lipinski definition) is 1. The zero-order valence-corrected chi connectivity index (χ0v) is 31.0. The minimum atomic E-state index is -0.679. The third-order valence-electron chi connectivity index (χ3n) is 9.67. The number of aryl methyl sites for hydroxylation is 1. The molecular formula is C46H41N5O4. The van der Waals surface area contributed by atoms with Crippen molar-refractivity contribution in [1.82, 2.24) is 24.8 Å². The van der Waals surface area contributed by atoms with Gasteiger partial charge in [0.05, 0.1) is 35.2 Å². The Hall–Kier alpha value is -6.79. The molecule has 0 amide bonds. The molecule has 0 saturated carbocycles. The van der Waals surface area contributed by atoms with E-state index in [1.807, 2.05) is 92.7 Å². The summed E-state index contributed by atoms with van der Waals surface area (Å²) < 4.78 is 13.7. The lowest BCUT2D eigenvalue weighted by Gasteiger charge is -2.34. The molecule has 1 atom stereocenters. The van der Waals surface area contributed by atoms with E-state index in [-0.39, 0.29) is 19.1 Å². The van der Waals surface area contributed by atoms with Crippen LogP contribution in [0.25, 0.3) is 22.4 Å². The van der Waals surface area contributed by atoms with E-state index >= 15 is 0 Å². The molecule has 1 unspecified atom stereocenters. The molecule has 0 saturated heterocycles. The first-order chi connectivity index (χ1) is 26.9. The summed E-state index contributed by atoms with van der Waals surface area (Å²) in [4.78, 5) is 41.5. The van der Waals surface area contributed by atoms with E-state index in [2.05, 4.69) is 60.9 Å². The van der Waals surface area contributed by atoms with Crippen LogP contribution in [0.3, 0.4) is 0 Å². The van der Waals surface area contributed by atoms with Gasteiger partial charge >= 0.3 is 11.9 Å². The van der Waals surface area contributed by atoms with Gasteiger partial charge in [-0.15, -0.1) is 0 Å². The molecule has 4 heterocycles. The van der Waals surface area contributed by atoms with Crippen molar-refractivity contribution in [3.8, 4) is 17.5 Å². The molecule has 7 rings (SSSR count). The van der Waals surface area contributed by atoms with Crippen LogP contribution >= 0.6 is 0 Å². The molecule has 1 aliphatic rings. The number of benzene rings is 3. The average Bonchev–Trinajstić information content (AvgIpc) is 3.56. The highest BCUT2D eigenvalue weighted by atomic mass is 16.5. The Labute approximate surface area is 320 Å². The number of fused-ring (bicyclic) bond motifs is 1. The van der Waals surface area contributed by atoms with Gasteiger partial charge in [0.15, 0.2) is 0 Å². The minimum Gasteiger partial charge on any atom is -0.463 e. The average molecular weight is 728 g/mol. The van der Waals surface area contributed by atoms with Gasteiger partial charge in [-0.1, -0.05) is 84.6 Å². The second-order valence-corrected chi connectivity index (χ2v) is 13.2. The van der Waals surface area contributed by atoms with Crippen molar-refractivity contribution in [1.29, 1.82) is 0 Å². The number of carbonyl (C=O) groups is 2. The summed E-state index contributed by atoms with van der Waals surface area (Å²) in [5.74, 6) is 5.11. The Morgan fingerprint density at radius 2 is 1.49 bits per heavy atom. The maximum Gasteiger partial charge on any atom is 0.336 e. The summed E-state index contributed by atoms with van der Waals surface area (Å²) in [6.45, 7) is 5.85. The van der Waals surface area contributed by atoms with Gasteiger partial charge in [-0.2, -0.15) is 0 Å². The number of pyridine rings is 2. The first-order valence-electron chi connectivity index (χ1n) is 18.4. The van der Waals surface area contributed by atoms with Crippen LogP contribution in [0.5, 0.6) is 0 Å². The molecule has 0 bridgehead atoms. The van der Waals surface area contributed by atoms with E-state index in [1.54, 1.807) is 31.7 Å². The molecule has 0 fully saturated rings. The Morgan fingerprint density at radius 1 is 0.800 bits per heavy atom. The summed E-state index contributed by atoms with van der Waals surface area (Å²) in [6.07, 6.45) is 7.63. The number of allylic oxidation sites excluding steroid dienone is 1. The van der Waals surface area contributed by atoms with Crippen LogP contribution in [-0.4, -0.2) is 44.7 Å². The van der Waals surface area contributed by atoms with Crippen LogP contribution in [0, 0.1) is 24.7 Å². The van der Waals surface area contributed by atoms with E-state index in [9.17, 15) is 9.59 Å². The minimum absolute atomic E-state index is 0.0849. The largest absolute Gasteiger partial charge is 0.463 e. The van der Waals surface area contributed by atoms with E-state index in [0.717, 1.165) is 44.8 Å². The molecule has 3 aromatic heterocycles. The Bertz CT molecular complexity index is 2390. The number of hydrogen-bond acceptors (Lipinski definition) is 8. The zero-order chi connectivity index (χ0) is 38.1. The maximum atomic E-state index is 14.3. The van der Waals surface area contributed by atoms with Crippen molar-refractivity contribution >= 4 is 28.7 Å². The van der Waals surface area contributed by atoms with Crippen molar-refractivity contribution in [2.45, 2.75) is 39.5 Å². The van der Waals surface area contributed by atoms with Crippen LogP contribution < -0.4 is 5.32 Å². The lowest BCUT2D eigenvalue weighted by atomic mass is 9.75. The number of esters is 2. The lowest BCUT2D eigenvalue weighted by Crippen LogP contribution is -2.35. The summed E-state index contributed by atoms with van der Waals surface area (Å²) in [7, 11) is 0. The lowest BCUT2D eigenvalue weighted by molar-refractivity contribution is -0.140. The van der Waals surface area contributed by atoms with E-state index in [0.29, 0.717) is 35.4 Å². The summed E-state index contributed by atoms with van der Waals surface area (Å²) in [6, 6.07) is 33.9. The number of dihydropyridines is 1. The molecular weight excluding hydrogens is 687 g/mol. The van der Waals surface area contributed by atoms with Crippen molar-refractivity contribution < 1.29 is 19.1 Å². The predicted octanol–water partition coefficient (Wildman–Crippen LogP) is 8.10. The second-order valence-electron chi connectivity index (χ2n) is 13.2. The molecule has 9 heteroatoms. The first-order valence-corrected chi connectivity index (χ1v) is 18.4. The fourth-order valence-corrected chi connectivity index (χ4v) is 7.21. The molecule has 1 aliphatic heterocycles. The van der Waals surface area contributed by atoms with E-state index in [1.165, 1.54) is 0 Å². The fraction of sp³-hybridized carbons (Fsp3) is 0.196. The van der Waals surface area contributed by atoms with Gasteiger partial charge in [0, 0.05) is 53.8 Å². The van der Waals surface area contributed by atoms with Crippen molar-refractivity contribution in [2.75, 3.05) is 13.2 Å². The van der Waals surface area contributed by atoms with E-state index in [4.69, 9.17) is 9.47 Å². The normalized spacial score (nSPS) is 14.0. The molecule has 1 N–H and O–H groups in total. The van der Waals surface area contributed by atoms with Crippen LogP contribution in [0.4, 0.5) is 0 Å². The van der Waals surface area contributed by atoms with Gasteiger partial charge in [-0.05, 0) is 74.2 Å². The molecule has 0 spiro atoms. The molecule has 55 heavy (non-hydrogen) atoms. The SMILES string of the molecule is CCOC(=O)C1=C(c2ccc(-n3c(C)nc4cnccc43)cc2)NC(C)=C(C(=O)OCCC#Cc2cccnc2)C1CC(c1ccccc1)c1ccccc1. The Morgan fingerprint density at radius 3 is 2.16 bits per heavy atom. The van der Waals surface area contributed by atoms with Gasteiger partial charge in [0.2, 0.25) is 0 Å². The first kappa shape index (κ1) is 36.6. The number of nitrogens with zero attached hydrogens (tertiary/aromatic N) is 4. The third-order valence-corrected chi connectivity index (χ3v) is 9.67. The Balaban J connectivity index is 1.29. The van der Waals surface area contributed by atoms with Crippen LogP contribution in [0.1, 0.15) is 60.7 Å². The smallest absolute Gasteiger partial charge is 0.336 e. The number of nitrogens with one attached hydrogen (secondary N) is 1. The van der Waals surface area contributed by atoms with Crippen LogP contribution in [-0.2, 0) is 19.1 Å². The second kappa shape index (κ2) is 16.9. The number of aromatic nitrogens is 4. The van der Waals surface area contributed by atoms with Crippen molar-refractivity contribution in [3.63, 3.8) is 0 Å². The zero-order valence-electron chi connectivity index (χ0n) is 31.0. The van der Waals surface area contributed by atoms with Gasteiger partial charge in [0.1, 0.15) is 17.9 Å². The maximum absolute atomic E-state index is 14.3. The Kier molecular flexibility index (Phi) is 11.2. The third kappa shape index (κ3) is 8.09. The standard InChI is InChI=1S/C46H41N5O4/c1-4-54-46(53)43-39(28-38(34-16-7-5-8-17-34)35-18-9-6-10-19-35)42(45(52)55-27-12-11-14-33-15-13-25-47-29-33)31(2)49-44(43)36-20-22-37(23-21-36)51-32(3)50-40-30-48-26-24-41(40)51/h5-10,13,15-26,29-30,38-39,49H,4,12,27-28H2,1-3H3. The number of carbonyl (C=O) groups excluding carboxylic acids is 2. The molecule has 0 aliphatic carbocycles. The molecule has 3 aromatic carbocycles. The monoisotopic (exact) mass is 727 g/mol. The summed E-state index contributed by atoms with van der Waals surface area (Å²) >= 11 is 0. The van der Waals surface area contributed by atoms with Gasteiger partial charge in [0.25, 0.3) is 0 Å². The molecule has 274 valence electrons. The van der Waals surface area contributed by atoms with Gasteiger partial charge < -0.3 is 14.8 Å². The number of rotatable bonds is 11. The topological polar surface area (TPSA) is 108 Å². The van der Waals surface area contributed by atoms with Gasteiger partial charge in [-0.3, -0.25) is 14.5 Å². The highest BCUT2D eigenvalue weighted by Crippen LogP contribution is 2.43. The number of imidazole rings is 1. The predicted molar refractivity (Wildman–Crippen MR) is 213 cm³/mol. The summed E-state index contributed by atoms with van der Waals surface area (Å²) in [5, 5.41) is 3.45. The van der Waals surface area contributed by atoms with E-state index < -0.39 is 17.9 Å². The highest BCUT2D eigenvalue weighted by Gasteiger charge is 2.40. The van der Waals surface area contributed by atoms with Crippen molar-refractivity contribution in [3.05, 3.63) is 173 Å². The highest BCUT2D eigenvalue weighted by molar-refractivity contribution is 6.03. The molecule has 9 nitrogen and oxygen atoms in total. The molecule has 0 radical (unpaired) electrons. The fourth-order valence-electron chi connectivity index (χ4n) is 7.21.